The Hall–Kier alpha value is -3.78. The second-order valence-corrected chi connectivity index (χ2v) is 8.93. The molecule has 2 heteroatoms. The minimum Gasteiger partial charge on any atom is -0.367 e. The summed E-state index contributed by atoms with van der Waals surface area (Å²) >= 11 is 0. The summed E-state index contributed by atoms with van der Waals surface area (Å²) in [7, 11) is 0. The number of hydrogen-bond donors (Lipinski definition) is 0. The van der Waals surface area contributed by atoms with Crippen LogP contribution in [0, 0.1) is 0 Å². The standard InChI is InChI=1S/C31H28N2/c1-3-11-24(12-4-1)26-18-19-30-27-15-7-8-16-28(27)31(33(30)23-26)20-22-32-21-10-9-17-29(32)25-13-5-2-6-14-25/h1-19,23,30-31H,20-22H2/t30?,31-/m1/s1. The fourth-order valence-corrected chi connectivity index (χ4v) is 5.41. The molecular weight excluding hydrogens is 400 g/mol. The molecule has 0 fully saturated rings. The first-order valence-corrected chi connectivity index (χ1v) is 11.9. The maximum Gasteiger partial charge on any atom is 0.0734 e. The van der Waals surface area contributed by atoms with Crippen LogP contribution in [0.2, 0.25) is 0 Å². The van der Waals surface area contributed by atoms with Crippen molar-refractivity contribution >= 4 is 11.3 Å². The molecule has 0 saturated heterocycles. The Morgan fingerprint density at radius 1 is 0.758 bits per heavy atom. The molecule has 0 aliphatic carbocycles. The molecule has 0 aromatic heterocycles. The molecule has 2 atom stereocenters. The number of nitrogens with zero attached hydrogens (tertiary/aromatic N) is 2. The summed E-state index contributed by atoms with van der Waals surface area (Å²) in [6, 6.07) is 31.2. The van der Waals surface area contributed by atoms with Crippen molar-refractivity contribution in [3.05, 3.63) is 144 Å². The van der Waals surface area contributed by atoms with E-state index in [9.17, 15) is 0 Å². The van der Waals surface area contributed by atoms with Crippen LogP contribution in [0.4, 0.5) is 0 Å². The molecule has 0 amide bonds. The molecule has 3 aromatic carbocycles. The van der Waals surface area contributed by atoms with Crippen LogP contribution < -0.4 is 0 Å². The van der Waals surface area contributed by atoms with Gasteiger partial charge in [-0.25, -0.2) is 0 Å². The van der Waals surface area contributed by atoms with Crippen molar-refractivity contribution < 1.29 is 0 Å². The van der Waals surface area contributed by atoms with Gasteiger partial charge in [-0.1, -0.05) is 109 Å². The monoisotopic (exact) mass is 428 g/mol. The molecule has 3 heterocycles. The van der Waals surface area contributed by atoms with Gasteiger partial charge in [0.25, 0.3) is 0 Å². The van der Waals surface area contributed by atoms with E-state index in [4.69, 9.17) is 0 Å². The van der Waals surface area contributed by atoms with Gasteiger partial charge < -0.3 is 9.80 Å². The van der Waals surface area contributed by atoms with E-state index in [1.165, 1.54) is 33.5 Å². The van der Waals surface area contributed by atoms with E-state index in [0.717, 1.165) is 19.5 Å². The van der Waals surface area contributed by atoms with Crippen LogP contribution in [-0.2, 0) is 0 Å². The van der Waals surface area contributed by atoms with E-state index in [1.54, 1.807) is 0 Å². The minimum absolute atomic E-state index is 0.323. The van der Waals surface area contributed by atoms with Crippen molar-refractivity contribution in [1.29, 1.82) is 0 Å². The Morgan fingerprint density at radius 2 is 1.45 bits per heavy atom. The zero-order valence-corrected chi connectivity index (χ0v) is 18.7. The highest BCUT2D eigenvalue weighted by atomic mass is 15.2. The zero-order valence-electron chi connectivity index (χ0n) is 18.7. The summed E-state index contributed by atoms with van der Waals surface area (Å²) in [5.41, 5.74) is 8.08. The maximum absolute atomic E-state index is 2.58. The number of hydrogen-bond acceptors (Lipinski definition) is 2. The third-order valence-electron chi connectivity index (χ3n) is 7.01. The van der Waals surface area contributed by atoms with Crippen molar-refractivity contribution in [2.45, 2.75) is 18.5 Å². The first-order valence-electron chi connectivity index (χ1n) is 11.9. The lowest BCUT2D eigenvalue weighted by Crippen LogP contribution is -2.29. The predicted molar refractivity (Wildman–Crippen MR) is 137 cm³/mol. The third-order valence-corrected chi connectivity index (χ3v) is 7.01. The Bertz CT molecular complexity index is 1250. The van der Waals surface area contributed by atoms with Crippen molar-refractivity contribution in [2.75, 3.05) is 13.1 Å². The molecule has 6 rings (SSSR count). The third kappa shape index (κ3) is 3.72. The fourth-order valence-electron chi connectivity index (χ4n) is 5.41. The summed E-state index contributed by atoms with van der Waals surface area (Å²) in [6.07, 6.45) is 14.8. The number of benzene rings is 3. The van der Waals surface area contributed by atoms with Crippen LogP contribution in [-0.4, -0.2) is 22.9 Å². The zero-order chi connectivity index (χ0) is 22.0. The number of allylic oxidation sites excluding steroid dienone is 4. The van der Waals surface area contributed by atoms with Crippen LogP contribution >= 0.6 is 0 Å². The highest BCUT2D eigenvalue weighted by Gasteiger charge is 2.36. The largest absolute Gasteiger partial charge is 0.367 e. The molecular formula is C31H28N2. The quantitative estimate of drug-likeness (QED) is 0.432. The molecule has 0 radical (unpaired) electrons. The lowest BCUT2D eigenvalue weighted by Gasteiger charge is -2.34. The molecule has 2 nitrogen and oxygen atoms in total. The van der Waals surface area contributed by atoms with Crippen molar-refractivity contribution in [3.63, 3.8) is 0 Å². The summed E-state index contributed by atoms with van der Waals surface area (Å²) < 4.78 is 0. The van der Waals surface area contributed by atoms with Crippen LogP contribution in [0.3, 0.4) is 0 Å². The smallest absolute Gasteiger partial charge is 0.0734 e. The maximum atomic E-state index is 2.58. The average molecular weight is 429 g/mol. The molecule has 3 aliphatic heterocycles. The summed E-state index contributed by atoms with van der Waals surface area (Å²) in [4.78, 5) is 5.10. The van der Waals surface area contributed by atoms with Crippen LogP contribution in [0.1, 0.15) is 40.8 Å². The van der Waals surface area contributed by atoms with Crippen molar-refractivity contribution in [1.82, 2.24) is 9.80 Å². The van der Waals surface area contributed by atoms with E-state index in [0.29, 0.717) is 12.1 Å². The molecule has 3 aromatic rings. The summed E-state index contributed by atoms with van der Waals surface area (Å²) in [6.45, 7) is 1.98. The van der Waals surface area contributed by atoms with Crippen LogP contribution in [0.25, 0.3) is 11.3 Å². The van der Waals surface area contributed by atoms with Crippen molar-refractivity contribution in [2.24, 2.45) is 0 Å². The van der Waals surface area contributed by atoms with E-state index >= 15 is 0 Å². The van der Waals surface area contributed by atoms with E-state index < -0.39 is 0 Å². The van der Waals surface area contributed by atoms with Gasteiger partial charge in [0.15, 0.2) is 0 Å². The Balaban J connectivity index is 1.29. The molecule has 3 aliphatic rings. The Labute approximate surface area is 196 Å². The second kappa shape index (κ2) is 8.63. The van der Waals surface area contributed by atoms with Gasteiger partial charge in [-0.2, -0.15) is 0 Å². The van der Waals surface area contributed by atoms with Crippen LogP contribution in [0.15, 0.2) is 122 Å². The van der Waals surface area contributed by atoms with Gasteiger partial charge in [0.1, 0.15) is 0 Å². The molecule has 33 heavy (non-hydrogen) atoms. The normalized spacial score (nSPS) is 20.8. The van der Waals surface area contributed by atoms with Gasteiger partial charge in [-0.3, -0.25) is 0 Å². The van der Waals surface area contributed by atoms with Gasteiger partial charge >= 0.3 is 0 Å². The van der Waals surface area contributed by atoms with Gasteiger partial charge in [0.05, 0.1) is 12.1 Å². The van der Waals surface area contributed by atoms with Gasteiger partial charge in [-0.05, 0) is 40.3 Å². The highest BCUT2D eigenvalue weighted by Crippen LogP contribution is 2.47. The molecule has 0 saturated carbocycles. The van der Waals surface area contributed by atoms with E-state index in [-0.39, 0.29) is 0 Å². The van der Waals surface area contributed by atoms with Crippen LogP contribution in [0.5, 0.6) is 0 Å². The molecule has 0 bridgehead atoms. The lowest BCUT2D eigenvalue weighted by atomic mass is 9.98. The van der Waals surface area contributed by atoms with Crippen molar-refractivity contribution in [3.8, 4) is 0 Å². The van der Waals surface area contributed by atoms with Gasteiger partial charge in [0.2, 0.25) is 0 Å². The first kappa shape index (κ1) is 19.9. The Kier molecular flexibility index (Phi) is 5.20. The molecule has 0 spiro atoms. The number of rotatable bonds is 5. The first-order chi connectivity index (χ1) is 16.4. The average Bonchev–Trinajstić information content (AvgIpc) is 3.21. The van der Waals surface area contributed by atoms with E-state index in [2.05, 4.69) is 131 Å². The second-order valence-electron chi connectivity index (χ2n) is 8.93. The summed E-state index contributed by atoms with van der Waals surface area (Å²) in [5.74, 6) is 0. The predicted octanol–water partition coefficient (Wildman–Crippen LogP) is 7.00. The topological polar surface area (TPSA) is 6.48 Å². The Morgan fingerprint density at radius 3 is 2.24 bits per heavy atom. The van der Waals surface area contributed by atoms with Gasteiger partial charge in [-0.15, -0.1) is 0 Å². The molecule has 0 N–H and O–H groups in total. The minimum atomic E-state index is 0.323. The van der Waals surface area contributed by atoms with E-state index in [1.807, 2.05) is 0 Å². The fraction of sp³-hybridized carbons (Fsp3) is 0.161. The molecule has 1 unspecified atom stereocenters. The number of fused-ring (bicyclic) bond motifs is 3. The SMILES string of the molecule is C1=CCN(CC[C@@H]2c3ccccc3C3C=CC(c4ccccc4)=CN32)C(c2ccccc2)=C1. The highest BCUT2D eigenvalue weighted by molar-refractivity contribution is 5.75. The lowest BCUT2D eigenvalue weighted by molar-refractivity contribution is 0.242. The van der Waals surface area contributed by atoms with Gasteiger partial charge in [0, 0.05) is 25.0 Å². The molecule has 162 valence electrons. The summed E-state index contributed by atoms with van der Waals surface area (Å²) in [5, 5.41) is 0.